The largest absolute Gasteiger partial charge is 0.508 e. The number of allylic oxidation sites excluding steroid dienone is 1. The van der Waals surface area contributed by atoms with E-state index in [4.69, 9.17) is 4.99 Å². The van der Waals surface area contributed by atoms with Gasteiger partial charge in [-0.1, -0.05) is 24.3 Å². The number of carbonyl (C=O) groups excluding carboxylic acids is 1. The molecule has 2 aliphatic rings. The van der Waals surface area contributed by atoms with E-state index in [1.807, 2.05) is 13.0 Å². The molecule has 2 aliphatic heterocycles. The molecule has 1 saturated heterocycles. The van der Waals surface area contributed by atoms with Crippen molar-refractivity contribution in [1.29, 1.82) is 5.26 Å². The number of amides is 1. The van der Waals surface area contributed by atoms with Gasteiger partial charge in [-0.3, -0.25) is 9.79 Å². The number of phenolic OH excluding ortho intramolecular Hbond substituents is 1. The van der Waals surface area contributed by atoms with Gasteiger partial charge in [-0.2, -0.15) is 5.26 Å². The molecule has 5 nitrogen and oxygen atoms in total. The number of likely N-dealkylation sites (tertiary alicyclic amines) is 1. The summed E-state index contributed by atoms with van der Waals surface area (Å²) in [6.45, 7) is 5.42. The first kappa shape index (κ1) is 19.9. The quantitative estimate of drug-likeness (QED) is 0.821. The summed E-state index contributed by atoms with van der Waals surface area (Å²) in [5.74, 6) is 0.181. The molecule has 1 atom stereocenters. The molecule has 152 valence electrons. The summed E-state index contributed by atoms with van der Waals surface area (Å²) in [6, 6.07) is 14.8. The van der Waals surface area contributed by atoms with E-state index < -0.39 is 0 Å². The molecule has 1 amide bonds. The second-order valence-corrected chi connectivity index (χ2v) is 8.08. The number of aromatic hydroxyl groups is 1. The number of aryl methyl sites for hydroxylation is 1. The lowest BCUT2D eigenvalue weighted by Crippen LogP contribution is -2.39. The predicted molar refractivity (Wildman–Crippen MR) is 117 cm³/mol. The number of phenols is 1. The Kier molecular flexibility index (Phi) is 5.41. The standard InChI is InChI=1S/C25H25N3O2/c1-16-5-3-4-6-21(16)24-22(13-17(2)27-24)18-9-11-28(12-10-18)25(30)23-14-20(29)8-7-19(23)15-26/h3-8,13-14,18,24,29H,9-12H2,1-2H3. The van der Waals surface area contributed by atoms with Crippen molar-refractivity contribution >= 4 is 11.6 Å². The maximum atomic E-state index is 13.0. The zero-order chi connectivity index (χ0) is 21.3. The third-order valence-corrected chi connectivity index (χ3v) is 6.11. The Morgan fingerprint density at radius 1 is 1.17 bits per heavy atom. The Morgan fingerprint density at radius 2 is 1.90 bits per heavy atom. The van der Waals surface area contributed by atoms with E-state index >= 15 is 0 Å². The number of rotatable bonds is 3. The maximum Gasteiger partial charge on any atom is 0.255 e. The van der Waals surface area contributed by atoms with Crippen LogP contribution in [0.5, 0.6) is 5.75 Å². The van der Waals surface area contributed by atoms with Crippen molar-refractivity contribution in [3.05, 3.63) is 76.4 Å². The molecule has 0 saturated carbocycles. The topological polar surface area (TPSA) is 76.7 Å². The highest BCUT2D eigenvalue weighted by Gasteiger charge is 2.32. The van der Waals surface area contributed by atoms with Gasteiger partial charge in [0.2, 0.25) is 0 Å². The van der Waals surface area contributed by atoms with Crippen LogP contribution in [0.15, 0.2) is 59.1 Å². The molecule has 0 aliphatic carbocycles. The third-order valence-electron chi connectivity index (χ3n) is 6.11. The fourth-order valence-corrected chi connectivity index (χ4v) is 4.51. The number of benzene rings is 2. The number of aliphatic imine (C=N–C) groups is 1. The number of nitrogens with zero attached hydrogens (tertiary/aromatic N) is 3. The Labute approximate surface area is 177 Å². The monoisotopic (exact) mass is 399 g/mol. The van der Waals surface area contributed by atoms with Crippen LogP contribution in [-0.2, 0) is 0 Å². The van der Waals surface area contributed by atoms with E-state index in [1.54, 1.807) is 4.90 Å². The molecule has 2 aromatic rings. The fraction of sp³-hybridized carbons (Fsp3) is 0.320. The highest BCUT2D eigenvalue weighted by atomic mass is 16.3. The average Bonchev–Trinajstić information content (AvgIpc) is 3.15. The van der Waals surface area contributed by atoms with Crippen LogP contribution in [0.3, 0.4) is 0 Å². The normalized spacial score (nSPS) is 19.2. The molecule has 1 N–H and O–H groups in total. The molecule has 2 heterocycles. The number of hydrogen-bond donors (Lipinski definition) is 1. The van der Waals surface area contributed by atoms with Crippen LogP contribution in [0.2, 0.25) is 0 Å². The lowest BCUT2D eigenvalue weighted by molar-refractivity contribution is 0.0700. The van der Waals surface area contributed by atoms with Crippen LogP contribution in [0.1, 0.15) is 52.9 Å². The lowest BCUT2D eigenvalue weighted by Gasteiger charge is -2.34. The molecule has 4 rings (SSSR count). The SMILES string of the molecule is CC1=NC(c2ccccc2C)C(C2CCN(C(=O)c3cc(O)ccc3C#N)CC2)=C1. The highest BCUT2D eigenvalue weighted by molar-refractivity contribution is 5.97. The van der Waals surface area contributed by atoms with Gasteiger partial charge in [0.05, 0.1) is 23.2 Å². The third kappa shape index (κ3) is 3.73. The molecular weight excluding hydrogens is 374 g/mol. The van der Waals surface area contributed by atoms with Gasteiger partial charge < -0.3 is 10.0 Å². The van der Waals surface area contributed by atoms with Crippen LogP contribution >= 0.6 is 0 Å². The molecule has 0 radical (unpaired) electrons. The summed E-state index contributed by atoms with van der Waals surface area (Å²) in [4.78, 5) is 19.6. The molecule has 2 aromatic carbocycles. The van der Waals surface area contributed by atoms with Crippen LogP contribution in [-0.4, -0.2) is 34.7 Å². The fourth-order valence-electron chi connectivity index (χ4n) is 4.51. The Hall–Kier alpha value is -3.39. The van der Waals surface area contributed by atoms with Crippen LogP contribution in [0.25, 0.3) is 0 Å². The summed E-state index contributed by atoms with van der Waals surface area (Å²) in [6.07, 6.45) is 3.94. The second kappa shape index (κ2) is 8.16. The van der Waals surface area contributed by atoms with Gasteiger partial charge in [0.1, 0.15) is 5.75 Å². The lowest BCUT2D eigenvalue weighted by atomic mass is 9.82. The van der Waals surface area contributed by atoms with Crippen molar-refractivity contribution in [1.82, 2.24) is 4.90 Å². The first-order valence-corrected chi connectivity index (χ1v) is 10.3. The molecular formula is C25H25N3O2. The minimum atomic E-state index is -0.191. The Bertz CT molecular complexity index is 1090. The van der Waals surface area contributed by atoms with Crippen molar-refractivity contribution in [2.24, 2.45) is 10.9 Å². The number of nitriles is 1. The van der Waals surface area contributed by atoms with Gasteiger partial charge in [0.25, 0.3) is 5.91 Å². The molecule has 1 unspecified atom stereocenters. The van der Waals surface area contributed by atoms with Crippen molar-refractivity contribution in [2.45, 2.75) is 32.7 Å². The molecule has 0 spiro atoms. The van der Waals surface area contributed by atoms with Gasteiger partial charge in [0, 0.05) is 18.8 Å². The number of hydrogen-bond acceptors (Lipinski definition) is 4. The predicted octanol–water partition coefficient (Wildman–Crippen LogP) is 4.57. The van der Waals surface area contributed by atoms with E-state index in [0.29, 0.717) is 24.6 Å². The van der Waals surface area contributed by atoms with Crippen molar-refractivity contribution in [3.8, 4) is 11.8 Å². The van der Waals surface area contributed by atoms with Crippen molar-refractivity contribution < 1.29 is 9.90 Å². The van der Waals surface area contributed by atoms with Gasteiger partial charge in [-0.15, -0.1) is 0 Å². The zero-order valence-corrected chi connectivity index (χ0v) is 17.3. The van der Waals surface area contributed by atoms with E-state index in [1.165, 1.54) is 34.9 Å². The second-order valence-electron chi connectivity index (χ2n) is 8.08. The first-order valence-electron chi connectivity index (χ1n) is 10.3. The van der Waals surface area contributed by atoms with Gasteiger partial charge in [0.15, 0.2) is 0 Å². The van der Waals surface area contributed by atoms with Crippen molar-refractivity contribution in [3.63, 3.8) is 0 Å². The highest BCUT2D eigenvalue weighted by Crippen LogP contribution is 2.40. The molecule has 0 aromatic heterocycles. The smallest absolute Gasteiger partial charge is 0.255 e. The van der Waals surface area contributed by atoms with Crippen LogP contribution < -0.4 is 0 Å². The minimum absolute atomic E-state index is 0.00274. The van der Waals surface area contributed by atoms with Gasteiger partial charge in [-0.05, 0) is 73.6 Å². The van der Waals surface area contributed by atoms with Crippen molar-refractivity contribution in [2.75, 3.05) is 13.1 Å². The van der Waals surface area contributed by atoms with Crippen LogP contribution in [0.4, 0.5) is 0 Å². The zero-order valence-electron chi connectivity index (χ0n) is 17.3. The minimum Gasteiger partial charge on any atom is -0.508 e. The first-order chi connectivity index (χ1) is 14.5. The molecule has 1 fully saturated rings. The molecule has 30 heavy (non-hydrogen) atoms. The van der Waals surface area contributed by atoms with Gasteiger partial charge >= 0.3 is 0 Å². The van der Waals surface area contributed by atoms with Gasteiger partial charge in [-0.25, -0.2) is 0 Å². The number of piperidine rings is 1. The van der Waals surface area contributed by atoms with E-state index in [-0.39, 0.29) is 23.3 Å². The van der Waals surface area contributed by atoms with E-state index in [2.05, 4.69) is 37.3 Å². The summed E-state index contributed by atoms with van der Waals surface area (Å²) < 4.78 is 0. The summed E-state index contributed by atoms with van der Waals surface area (Å²) in [5, 5.41) is 19.1. The van der Waals surface area contributed by atoms with E-state index in [0.717, 1.165) is 18.6 Å². The number of carbonyl (C=O) groups is 1. The summed E-state index contributed by atoms with van der Waals surface area (Å²) in [7, 11) is 0. The Balaban J connectivity index is 1.49. The summed E-state index contributed by atoms with van der Waals surface area (Å²) >= 11 is 0. The summed E-state index contributed by atoms with van der Waals surface area (Å²) in [5.41, 5.74) is 5.44. The Morgan fingerprint density at radius 3 is 2.60 bits per heavy atom. The molecule has 5 heteroatoms. The maximum absolute atomic E-state index is 13.0. The van der Waals surface area contributed by atoms with Crippen LogP contribution in [0, 0.1) is 24.2 Å². The van der Waals surface area contributed by atoms with E-state index in [9.17, 15) is 15.2 Å². The molecule has 0 bridgehead atoms. The average molecular weight is 399 g/mol.